The van der Waals surface area contributed by atoms with Gasteiger partial charge in [0.1, 0.15) is 0 Å². The van der Waals surface area contributed by atoms with Crippen LogP contribution >= 0.6 is 0 Å². The number of rotatable bonds is 1. The second-order valence-electron chi connectivity index (χ2n) is 3.88. The van der Waals surface area contributed by atoms with E-state index in [-0.39, 0.29) is 0 Å². The lowest BCUT2D eigenvalue weighted by Crippen LogP contribution is -1.71. The number of hydrogen-bond donors (Lipinski definition) is 0. The normalized spacial score (nSPS) is 8.82. The molecule has 1 aromatic carbocycles. The van der Waals surface area contributed by atoms with Crippen molar-refractivity contribution in [2.75, 3.05) is 0 Å². The molecule has 0 fully saturated rings. The molecule has 0 atom stereocenters. The van der Waals surface area contributed by atoms with Gasteiger partial charge in [-0.2, -0.15) is 0 Å². The molecule has 1 rings (SSSR count). The summed E-state index contributed by atoms with van der Waals surface area (Å²) in [5, 5.41) is 0. The summed E-state index contributed by atoms with van der Waals surface area (Å²) in [4.78, 5) is 0. The first-order valence-corrected chi connectivity index (χ1v) is 6.05. The molecule has 0 unspecified atom stereocenters. The van der Waals surface area contributed by atoms with Crippen molar-refractivity contribution in [3.63, 3.8) is 0 Å². The molecule has 0 aromatic heterocycles. The average molecular weight is 224 g/mol. The molecule has 0 heteroatoms. The second-order valence-corrected chi connectivity index (χ2v) is 3.88. The first-order chi connectivity index (χ1) is 8.33. The molecule has 0 aliphatic rings. The molecule has 1 aromatic rings. The predicted molar refractivity (Wildman–Crippen MR) is 75.8 cm³/mol. The fourth-order valence-corrected chi connectivity index (χ4v) is 1.38. The Hall–Kier alpha value is -1.82. The Bertz CT molecular complexity index is 406. The summed E-state index contributed by atoms with van der Waals surface area (Å²) >= 11 is 0. The van der Waals surface area contributed by atoms with Crippen LogP contribution in [0.4, 0.5) is 0 Å². The molecular weight excluding hydrogens is 204 g/mol. The van der Waals surface area contributed by atoms with Crippen molar-refractivity contribution < 1.29 is 0 Å². The van der Waals surface area contributed by atoms with Gasteiger partial charge in [-0.1, -0.05) is 85.3 Å². The first-order valence-electron chi connectivity index (χ1n) is 6.05. The summed E-state index contributed by atoms with van der Waals surface area (Å²) in [5.41, 5.74) is 2.57. The Morgan fingerprint density at radius 1 is 0.647 bits per heavy atom. The Balaban J connectivity index is 3.21. The molecular formula is C17H20. The van der Waals surface area contributed by atoms with E-state index in [1.807, 2.05) is 12.1 Å². The van der Waals surface area contributed by atoms with Gasteiger partial charge in [0, 0.05) is 0 Å². The van der Waals surface area contributed by atoms with Crippen molar-refractivity contribution in [2.24, 2.45) is 0 Å². The van der Waals surface area contributed by atoms with Gasteiger partial charge in [-0.25, -0.2) is 0 Å². The van der Waals surface area contributed by atoms with E-state index >= 15 is 0 Å². The van der Waals surface area contributed by atoms with E-state index in [4.69, 9.17) is 0 Å². The van der Waals surface area contributed by atoms with Crippen molar-refractivity contribution in [1.29, 1.82) is 0 Å². The Morgan fingerprint density at radius 3 is 1.47 bits per heavy atom. The fraction of sp³-hybridized carbons (Fsp3) is 0.176. The molecule has 0 spiro atoms. The standard InChI is InChI=1S/C17H20/c1-3-17-14-10-6-4-8-12-16(2)13-9-5-7-11-15-17/h4-15H,3H2,1-2H3. The van der Waals surface area contributed by atoms with Gasteiger partial charge in [0.15, 0.2) is 0 Å². The van der Waals surface area contributed by atoms with Gasteiger partial charge < -0.3 is 0 Å². The van der Waals surface area contributed by atoms with E-state index in [1.54, 1.807) is 0 Å². The maximum absolute atomic E-state index is 2.17. The van der Waals surface area contributed by atoms with E-state index < -0.39 is 0 Å². The predicted octanol–water partition coefficient (Wildman–Crippen LogP) is 4.81. The van der Waals surface area contributed by atoms with Crippen LogP contribution in [0.1, 0.15) is 18.1 Å². The van der Waals surface area contributed by atoms with Crippen molar-refractivity contribution in [3.8, 4) is 0 Å². The minimum absolute atomic E-state index is 1.05. The molecule has 88 valence electrons. The molecule has 0 nitrogen and oxygen atoms in total. The lowest BCUT2D eigenvalue weighted by molar-refractivity contribution is 1.14. The van der Waals surface area contributed by atoms with Gasteiger partial charge in [0.25, 0.3) is 0 Å². The van der Waals surface area contributed by atoms with Gasteiger partial charge in [0.05, 0.1) is 0 Å². The smallest absolute Gasteiger partial charge is 0.0307 e. The summed E-state index contributed by atoms with van der Waals surface area (Å²) in [6.07, 6.45) is 1.05. The van der Waals surface area contributed by atoms with Crippen LogP contribution in [0.5, 0.6) is 0 Å². The van der Waals surface area contributed by atoms with Gasteiger partial charge in [0.2, 0.25) is 0 Å². The third-order valence-electron chi connectivity index (χ3n) is 2.41. The molecule has 0 heterocycles. The third-order valence-corrected chi connectivity index (χ3v) is 2.41. The highest BCUT2D eigenvalue weighted by atomic mass is 13.8. The fourth-order valence-electron chi connectivity index (χ4n) is 1.38. The summed E-state index contributed by atoms with van der Waals surface area (Å²) in [5.74, 6) is 0. The summed E-state index contributed by atoms with van der Waals surface area (Å²) in [6.45, 7) is 4.26. The van der Waals surface area contributed by atoms with Crippen LogP contribution in [-0.2, 0) is 6.42 Å². The van der Waals surface area contributed by atoms with Crippen molar-refractivity contribution in [2.45, 2.75) is 20.3 Å². The van der Waals surface area contributed by atoms with E-state index in [0.29, 0.717) is 0 Å². The molecule has 0 N–H and O–H groups in total. The molecule has 0 aliphatic carbocycles. The molecule has 0 saturated heterocycles. The van der Waals surface area contributed by atoms with Crippen molar-refractivity contribution >= 4 is 0 Å². The summed E-state index contributed by atoms with van der Waals surface area (Å²) < 4.78 is 0. The lowest BCUT2D eigenvalue weighted by atomic mass is 10.2. The highest BCUT2D eigenvalue weighted by Crippen LogP contribution is 1.95. The van der Waals surface area contributed by atoms with E-state index in [1.165, 1.54) is 11.1 Å². The van der Waals surface area contributed by atoms with Crippen LogP contribution in [0.25, 0.3) is 0 Å². The number of hydrogen-bond acceptors (Lipinski definition) is 0. The van der Waals surface area contributed by atoms with Gasteiger partial charge in [-0.05, 0) is 18.9 Å². The van der Waals surface area contributed by atoms with Crippen LogP contribution in [0, 0.1) is 6.92 Å². The average Bonchev–Trinajstić information content (AvgIpc) is 2.34. The highest BCUT2D eigenvalue weighted by molar-refractivity contribution is 5.12. The van der Waals surface area contributed by atoms with Crippen LogP contribution in [-0.4, -0.2) is 0 Å². The van der Waals surface area contributed by atoms with Crippen LogP contribution in [0.2, 0.25) is 0 Å². The SMILES string of the molecule is CCc1ccccccc(C)cccccc1. The first kappa shape index (κ1) is 13.2. The molecule has 17 heavy (non-hydrogen) atoms. The monoisotopic (exact) mass is 224 g/mol. The summed E-state index contributed by atoms with van der Waals surface area (Å²) in [6, 6.07) is 25.0. The molecule has 0 amide bonds. The minimum Gasteiger partial charge on any atom is -0.0623 e. The number of aryl methyl sites for hydroxylation is 2. The third kappa shape index (κ3) is 6.36. The van der Waals surface area contributed by atoms with Crippen molar-refractivity contribution in [3.05, 3.63) is 83.9 Å². The zero-order valence-electron chi connectivity index (χ0n) is 10.6. The zero-order valence-corrected chi connectivity index (χ0v) is 10.6. The maximum Gasteiger partial charge on any atom is -0.0307 e. The molecule has 0 saturated carbocycles. The van der Waals surface area contributed by atoms with Crippen LogP contribution in [0.15, 0.2) is 72.8 Å². The highest BCUT2D eigenvalue weighted by Gasteiger charge is 1.78. The van der Waals surface area contributed by atoms with Gasteiger partial charge >= 0.3 is 0 Å². The molecule has 0 radical (unpaired) electrons. The van der Waals surface area contributed by atoms with Crippen LogP contribution in [0.3, 0.4) is 0 Å². The Kier molecular flexibility index (Phi) is 6.50. The van der Waals surface area contributed by atoms with Crippen LogP contribution < -0.4 is 0 Å². The lowest BCUT2D eigenvalue weighted by Gasteiger charge is -1.87. The van der Waals surface area contributed by atoms with Crippen molar-refractivity contribution in [1.82, 2.24) is 0 Å². The van der Waals surface area contributed by atoms with Gasteiger partial charge in [-0.15, -0.1) is 0 Å². The maximum atomic E-state index is 2.17. The van der Waals surface area contributed by atoms with Gasteiger partial charge in [-0.3, -0.25) is 0 Å². The Labute approximate surface area is 105 Å². The Morgan fingerprint density at radius 2 is 1.06 bits per heavy atom. The van der Waals surface area contributed by atoms with E-state index in [2.05, 4.69) is 74.5 Å². The van der Waals surface area contributed by atoms with E-state index in [0.717, 1.165) is 6.42 Å². The second kappa shape index (κ2) is 8.35. The molecule has 0 aliphatic heterocycles. The largest absolute Gasteiger partial charge is 0.0623 e. The topological polar surface area (TPSA) is 0 Å². The minimum atomic E-state index is 1.05. The quantitative estimate of drug-likeness (QED) is 0.642. The summed E-state index contributed by atoms with van der Waals surface area (Å²) in [7, 11) is 0. The zero-order chi connectivity index (χ0) is 12.3. The van der Waals surface area contributed by atoms with E-state index in [9.17, 15) is 0 Å². The molecule has 0 bridgehead atoms.